The molecule has 1 aromatic heterocycles. The Kier molecular flexibility index (Phi) is 5.25. The number of likely N-dealkylation sites (N-methyl/N-ethyl adjacent to an activating group) is 1. The van der Waals surface area contributed by atoms with Gasteiger partial charge in [0.1, 0.15) is 5.15 Å². The van der Waals surface area contributed by atoms with Crippen LogP contribution in [0.25, 0.3) is 0 Å². The van der Waals surface area contributed by atoms with Gasteiger partial charge in [-0.15, -0.1) is 0 Å². The van der Waals surface area contributed by atoms with Crippen molar-refractivity contribution in [3.05, 3.63) is 16.4 Å². The van der Waals surface area contributed by atoms with Gasteiger partial charge in [-0.1, -0.05) is 24.9 Å². The van der Waals surface area contributed by atoms with E-state index in [1.165, 1.54) is 0 Å². The van der Waals surface area contributed by atoms with E-state index in [1.54, 1.807) is 4.68 Å². The SMILES string of the molecule is CCCc1nn(CCN(C)C)c(Cl)c1CO. The highest BCUT2D eigenvalue weighted by Gasteiger charge is 2.14. The Morgan fingerprint density at radius 3 is 2.62 bits per heavy atom. The average molecular weight is 246 g/mol. The Balaban J connectivity index is 2.84. The van der Waals surface area contributed by atoms with E-state index in [2.05, 4.69) is 16.9 Å². The molecule has 0 spiro atoms. The molecular formula is C11H20ClN3O. The maximum Gasteiger partial charge on any atom is 0.132 e. The largest absolute Gasteiger partial charge is 0.391 e. The number of hydrogen-bond donors (Lipinski definition) is 1. The van der Waals surface area contributed by atoms with E-state index in [1.807, 2.05) is 14.1 Å². The van der Waals surface area contributed by atoms with E-state index in [0.29, 0.717) is 5.15 Å². The van der Waals surface area contributed by atoms with E-state index in [-0.39, 0.29) is 6.61 Å². The topological polar surface area (TPSA) is 41.3 Å². The molecule has 4 nitrogen and oxygen atoms in total. The predicted molar refractivity (Wildman–Crippen MR) is 65.7 cm³/mol. The summed E-state index contributed by atoms with van der Waals surface area (Å²) in [6.45, 7) is 3.70. The molecule has 0 aromatic carbocycles. The third-order valence-electron chi connectivity index (χ3n) is 2.47. The second-order valence-electron chi connectivity index (χ2n) is 4.15. The summed E-state index contributed by atoms with van der Waals surface area (Å²) < 4.78 is 1.78. The minimum atomic E-state index is -0.0316. The smallest absolute Gasteiger partial charge is 0.132 e. The number of nitrogens with zero attached hydrogens (tertiary/aromatic N) is 3. The van der Waals surface area contributed by atoms with E-state index < -0.39 is 0 Å². The van der Waals surface area contributed by atoms with Gasteiger partial charge in [-0.05, 0) is 20.5 Å². The normalized spacial score (nSPS) is 11.4. The van der Waals surface area contributed by atoms with Crippen LogP contribution in [0.2, 0.25) is 5.15 Å². The first-order valence-electron chi connectivity index (χ1n) is 5.59. The summed E-state index contributed by atoms with van der Waals surface area (Å²) >= 11 is 6.17. The molecule has 5 heteroatoms. The zero-order valence-electron chi connectivity index (χ0n) is 10.2. The van der Waals surface area contributed by atoms with Crippen LogP contribution in [0.1, 0.15) is 24.6 Å². The molecule has 1 N–H and O–H groups in total. The van der Waals surface area contributed by atoms with Gasteiger partial charge in [0.2, 0.25) is 0 Å². The fraction of sp³-hybridized carbons (Fsp3) is 0.727. The molecule has 0 saturated heterocycles. The molecule has 0 bridgehead atoms. The maximum absolute atomic E-state index is 9.27. The van der Waals surface area contributed by atoms with Gasteiger partial charge in [0.15, 0.2) is 0 Å². The highest BCUT2D eigenvalue weighted by Crippen LogP contribution is 2.21. The number of halogens is 1. The van der Waals surface area contributed by atoms with Crippen LogP contribution in [0.4, 0.5) is 0 Å². The molecule has 0 unspecified atom stereocenters. The monoisotopic (exact) mass is 245 g/mol. The minimum absolute atomic E-state index is 0.0316. The van der Waals surface area contributed by atoms with Gasteiger partial charge in [0, 0.05) is 12.1 Å². The lowest BCUT2D eigenvalue weighted by molar-refractivity contribution is 0.280. The van der Waals surface area contributed by atoms with Crippen LogP contribution in [0.15, 0.2) is 0 Å². The van der Waals surface area contributed by atoms with Crippen molar-refractivity contribution < 1.29 is 5.11 Å². The number of aliphatic hydroxyl groups is 1. The van der Waals surface area contributed by atoms with Gasteiger partial charge in [0.05, 0.1) is 18.8 Å². The first-order chi connectivity index (χ1) is 7.60. The highest BCUT2D eigenvalue weighted by atomic mass is 35.5. The Hall–Kier alpha value is -0.580. The molecule has 1 rings (SSSR count). The predicted octanol–water partition coefficient (Wildman–Crippen LogP) is 1.54. The first-order valence-corrected chi connectivity index (χ1v) is 5.97. The van der Waals surface area contributed by atoms with Crippen molar-refractivity contribution in [2.24, 2.45) is 0 Å². The number of aromatic nitrogens is 2. The summed E-state index contributed by atoms with van der Waals surface area (Å²) in [5, 5.41) is 14.3. The summed E-state index contributed by atoms with van der Waals surface area (Å²) in [7, 11) is 4.02. The van der Waals surface area contributed by atoms with Crippen molar-refractivity contribution in [3.63, 3.8) is 0 Å². The van der Waals surface area contributed by atoms with Crippen LogP contribution in [0.5, 0.6) is 0 Å². The molecule has 0 amide bonds. The van der Waals surface area contributed by atoms with Gasteiger partial charge in [-0.2, -0.15) is 5.10 Å². The Morgan fingerprint density at radius 2 is 2.12 bits per heavy atom. The van der Waals surface area contributed by atoms with E-state index >= 15 is 0 Å². The molecule has 0 saturated carbocycles. The molecule has 1 aromatic rings. The van der Waals surface area contributed by atoms with Crippen LogP contribution in [0.3, 0.4) is 0 Å². The van der Waals surface area contributed by atoms with Crippen molar-refractivity contribution in [3.8, 4) is 0 Å². The maximum atomic E-state index is 9.27. The lowest BCUT2D eigenvalue weighted by Crippen LogP contribution is -2.19. The molecule has 0 atom stereocenters. The van der Waals surface area contributed by atoms with Gasteiger partial charge >= 0.3 is 0 Å². The summed E-state index contributed by atoms with van der Waals surface area (Å²) in [4.78, 5) is 2.08. The van der Waals surface area contributed by atoms with Crippen molar-refractivity contribution in [2.45, 2.75) is 32.9 Å². The molecule has 0 aliphatic carbocycles. The minimum Gasteiger partial charge on any atom is -0.391 e. The van der Waals surface area contributed by atoms with Crippen molar-refractivity contribution in [2.75, 3.05) is 20.6 Å². The van der Waals surface area contributed by atoms with E-state index in [0.717, 1.165) is 37.2 Å². The summed E-state index contributed by atoms with van der Waals surface area (Å²) in [6, 6.07) is 0. The average Bonchev–Trinajstić information content (AvgIpc) is 2.52. The third-order valence-corrected chi connectivity index (χ3v) is 2.89. The Morgan fingerprint density at radius 1 is 1.44 bits per heavy atom. The summed E-state index contributed by atoms with van der Waals surface area (Å²) in [5.41, 5.74) is 1.70. The van der Waals surface area contributed by atoms with Gasteiger partial charge in [-0.25, -0.2) is 0 Å². The lowest BCUT2D eigenvalue weighted by atomic mass is 10.2. The van der Waals surface area contributed by atoms with Crippen LogP contribution in [-0.4, -0.2) is 40.4 Å². The van der Waals surface area contributed by atoms with Gasteiger partial charge < -0.3 is 10.0 Å². The van der Waals surface area contributed by atoms with Crippen LogP contribution in [-0.2, 0) is 19.6 Å². The number of hydrogen-bond acceptors (Lipinski definition) is 3. The van der Waals surface area contributed by atoms with Gasteiger partial charge in [0.25, 0.3) is 0 Å². The second kappa shape index (κ2) is 6.23. The molecular weight excluding hydrogens is 226 g/mol. The highest BCUT2D eigenvalue weighted by molar-refractivity contribution is 6.30. The standard InChI is InChI=1S/C11H20ClN3O/c1-4-5-10-9(8-16)11(12)15(13-10)7-6-14(2)3/h16H,4-8H2,1-3H3. The van der Waals surface area contributed by atoms with Gasteiger partial charge in [-0.3, -0.25) is 4.68 Å². The number of rotatable bonds is 6. The molecule has 92 valence electrons. The summed E-state index contributed by atoms with van der Waals surface area (Å²) in [6.07, 6.45) is 1.87. The molecule has 0 fully saturated rings. The van der Waals surface area contributed by atoms with Crippen LogP contribution in [0, 0.1) is 0 Å². The van der Waals surface area contributed by atoms with E-state index in [9.17, 15) is 5.11 Å². The van der Waals surface area contributed by atoms with Crippen molar-refractivity contribution in [1.29, 1.82) is 0 Å². The Labute approximate surface area is 102 Å². The molecule has 0 aliphatic rings. The van der Waals surface area contributed by atoms with Crippen LogP contribution < -0.4 is 0 Å². The molecule has 1 heterocycles. The summed E-state index contributed by atoms with van der Waals surface area (Å²) in [5.74, 6) is 0. The number of aliphatic hydroxyl groups excluding tert-OH is 1. The van der Waals surface area contributed by atoms with Crippen molar-refractivity contribution in [1.82, 2.24) is 14.7 Å². The molecule has 16 heavy (non-hydrogen) atoms. The lowest BCUT2D eigenvalue weighted by Gasteiger charge is -2.09. The number of aryl methyl sites for hydroxylation is 1. The van der Waals surface area contributed by atoms with Crippen LogP contribution >= 0.6 is 11.6 Å². The zero-order valence-corrected chi connectivity index (χ0v) is 11.0. The van der Waals surface area contributed by atoms with Crippen molar-refractivity contribution >= 4 is 11.6 Å². The quantitative estimate of drug-likeness (QED) is 0.827. The zero-order chi connectivity index (χ0) is 12.1. The Bertz CT molecular complexity index is 336. The first kappa shape index (κ1) is 13.5. The second-order valence-corrected chi connectivity index (χ2v) is 4.51. The molecule has 0 radical (unpaired) electrons. The fourth-order valence-corrected chi connectivity index (χ4v) is 1.85. The van der Waals surface area contributed by atoms with E-state index in [4.69, 9.17) is 11.6 Å². The third kappa shape index (κ3) is 3.20. The molecule has 0 aliphatic heterocycles. The fourth-order valence-electron chi connectivity index (χ4n) is 1.56.